The summed E-state index contributed by atoms with van der Waals surface area (Å²) in [5.74, 6) is -1.18. The van der Waals surface area contributed by atoms with Crippen molar-refractivity contribution in [1.29, 1.82) is 0 Å². The van der Waals surface area contributed by atoms with E-state index in [-0.39, 0.29) is 29.3 Å². The van der Waals surface area contributed by atoms with E-state index in [1.807, 2.05) is 30.3 Å². The van der Waals surface area contributed by atoms with Crippen LogP contribution < -0.4 is 10.6 Å². The van der Waals surface area contributed by atoms with E-state index >= 15 is 0 Å². The van der Waals surface area contributed by atoms with Crippen LogP contribution in [0.1, 0.15) is 36.5 Å². The number of nitrogens with one attached hydrogen (secondary N) is 2. The highest BCUT2D eigenvalue weighted by molar-refractivity contribution is 8.00. The van der Waals surface area contributed by atoms with Crippen LogP contribution in [0.3, 0.4) is 0 Å². The molecule has 2 fully saturated rings. The van der Waals surface area contributed by atoms with Crippen LogP contribution in [0.2, 0.25) is 0 Å². The summed E-state index contributed by atoms with van der Waals surface area (Å²) in [6.45, 7) is 0. The standard InChI is InChI=1S/C21H22F2N2OS.ClH/c22-14-6-9-18(23)19(10-14)27-20(13-4-2-1-3-5-13)21(26)25-17-11-15-7-8-16(12-17)24-15;/h1-6,9-10,15-17,20,24H,7-8,11-12H2,(H,25,26);1H. The topological polar surface area (TPSA) is 41.1 Å². The van der Waals surface area contributed by atoms with Crippen molar-refractivity contribution in [3.63, 3.8) is 0 Å². The van der Waals surface area contributed by atoms with Gasteiger partial charge in [0.2, 0.25) is 5.91 Å². The van der Waals surface area contributed by atoms with Crippen LogP contribution in [0.4, 0.5) is 8.78 Å². The third kappa shape index (κ3) is 4.85. The summed E-state index contributed by atoms with van der Waals surface area (Å²) in [4.78, 5) is 13.2. The molecule has 2 saturated heterocycles. The van der Waals surface area contributed by atoms with Gasteiger partial charge in [-0.1, -0.05) is 30.3 Å². The Hall–Kier alpha value is -1.63. The van der Waals surface area contributed by atoms with Crippen LogP contribution in [0.25, 0.3) is 0 Å². The minimum Gasteiger partial charge on any atom is -0.352 e. The highest BCUT2D eigenvalue weighted by Crippen LogP contribution is 2.37. The van der Waals surface area contributed by atoms with Gasteiger partial charge in [0.25, 0.3) is 0 Å². The Balaban J connectivity index is 0.00000225. The molecule has 2 aromatic carbocycles. The molecule has 1 amide bonds. The molecule has 0 saturated carbocycles. The molecule has 0 aromatic heterocycles. The van der Waals surface area contributed by atoms with Gasteiger partial charge >= 0.3 is 0 Å². The fraction of sp³-hybridized carbons (Fsp3) is 0.381. The number of piperidine rings is 1. The minimum atomic E-state index is -0.630. The summed E-state index contributed by atoms with van der Waals surface area (Å²) in [6, 6.07) is 13.7. The van der Waals surface area contributed by atoms with Crippen molar-refractivity contribution >= 4 is 30.1 Å². The molecule has 4 rings (SSSR count). The smallest absolute Gasteiger partial charge is 0.238 e. The molecule has 2 bridgehead atoms. The van der Waals surface area contributed by atoms with Gasteiger partial charge in [-0.3, -0.25) is 4.79 Å². The zero-order valence-electron chi connectivity index (χ0n) is 15.2. The molecule has 3 unspecified atom stereocenters. The SMILES string of the molecule is Cl.O=C(NC1CC2CCC(C1)N2)C(Sc1cc(F)ccc1F)c1ccccc1. The van der Waals surface area contributed by atoms with Crippen LogP contribution in [0, 0.1) is 11.6 Å². The first kappa shape index (κ1) is 21.1. The Morgan fingerprint density at radius 2 is 1.75 bits per heavy atom. The maximum Gasteiger partial charge on any atom is 0.238 e. The number of carbonyl (C=O) groups is 1. The number of rotatable bonds is 5. The summed E-state index contributed by atoms with van der Waals surface area (Å²) in [5, 5.41) is 6.09. The quantitative estimate of drug-likeness (QED) is 0.688. The molecule has 28 heavy (non-hydrogen) atoms. The first-order chi connectivity index (χ1) is 13.1. The van der Waals surface area contributed by atoms with E-state index in [1.165, 1.54) is 0 Å². The second kappa shape index (κ2) is 9.25. The highest BCUT2D eigenvalue weighted by atomic mass is 35.5. The number of thioether (sulfide) groups is 1. The first-order valence-electron chi connectivity index (χ1n) is 9.31. The average Bonchev–Trinajstić information content (AvgIpc) is 3.01. The van der Waals surface area contributed by atoms with Crippen LogP contribution in [-0.2, 0) is 4.79 Å². The molecule has 3 nitrogen and oxygen atoms in total. The summed E-state index contributed by atoms with van der Waals surface area (Å²) in [7, 11) is 0. The van der Waals surface area contributed by atoms with Crippen LogP contribution in [0.15, 0.2) is 53.4 Å². The lowest BCUT2D eigenvalue weighted by atomic mass is 9.99. The van der Waals surface area contributed by atoms with Crippen LogP contribution in [0.5, 0.6) is 0 Å². The third-order valence-corrected chi connectivity index (χ3v) is 6.59. The second-order valence-corrected chi connectivity index (χ2v) is 8.45. The van der Waals surface area contributed by atoms with Crippen molar-refractivity contribution in [2.24, 2.45) is 0 Å². The molecule has 2 heterocycles. The van der Waals surface area contributed by atoms with Gasteiger partial charge in [-0.05, 0) is 49.4 Å². The summed E-state index contributed by atoms with van der Waals surface area (Å²) < 4.78 is 27.7. The van der Waals surface area contributed by atoms with Crippen molar-refractivity contribution in [1.82, 2.24) is 10.6 Å². The minimum absolute atomic E-state index is 0. The van der Waals surface area contributed by atoms with Gasteiger partial charge in [-0.15, -0.1) is 24.2 Å². The molecule has 7 heteroatoms. The van der Waals surface area contributed by atoms with E-state index in [0.717, 1.165) is 61.2 Å². The lowest BCUT2D eigenvalue weighted by Crippen LogP contribution is -2.48. The Morgan fingerprint density at radius 3 is 2.43 bits per heavy atom. The molecular weight excluding hydrogens is 402 g/mol. The van der Waals surface area contributed by atoms with Gasteiger partial charge in [0.1, 0.15) is 16.9 Å². The van der Waals surface area contributed by atoms with E-state index in [4.69, 9.17) is 0 Å². The van der Waals surface area contributed by atoms with E-state index in [1.54, 1.807) is 0 Å². The molecule has 3 atom stereocenters. The molecule has 2 aliphatic rings. The number of benzene rings is 2. The number of halogens is 3. The number of amides is 1. The summed E-state index contributed by atoms with van der Waals surface area (Å²) in [6.07, 6.45) is 4.15. The molecule has 2 N–H and O–H groups in total. The van der Waals surface area contributed by atoms with Gasteiger partial charge in [0.15, 0.2) is 0 Å². The van der Waals surface area contributed by atoms with Gasteiger partial charge in [-0.2, -0.15) is 0 Å². The van der Waals surface area contributed by atoms with Gasteiger partial charge in [-0.25, -0.2) is 8.78 Å². The largest absolute Gasteiger partial charge is 0.352 e. The number of fused-ring (bicyclic) bond motifs is 2. The van der Waals surface area contributed by atoms with Crippen molar-refractivity contribution in [2.75, 3.05) is 0 Å². The van der Waals surface area contributed by atoms with Gasteiger partial charge in [0.05, 0.1) is 0 Å². The maximum atomic E-state index is 14.2. The highest BCUT2D eigenvalue weighted by Gasteiger charge is 2.35. The zero-order valence-corrected chi connectivity index (χ0v) is 16.9. The first-order valence-corrected chi connectivity index (χ1v) is 10.2. The lowest BCUT2D eigenvalue weighted by molar-refractivity contribution is -0.121. The molecule has 2 aliphatic heterocycles. The Morgan fingerprint density at radius 1 is 1.07 bits per heavy atom. The van der Waals surface area contributed by atoms with E-state index in [2.05, 4.69) is 10.6 Å². The number of hydrogen-bond donors (Lipinski definition) is 2. The molecule has 0 aliphatic carbocycles. The summed E-state index contributed by atoms with van der Waals surface area (Å²) in [5.41, 5.74) is 0.778. The zero-order chi connectivity index (χ0) is 18.8. The summed E-state index contributed by atoms with van der Waals surface area (Å²) >= 11 is 1.05. The molecule has 0 spiro atoms. The number of carbonyl (C=O) groups excluding carboxylic acids is 1. The molecule has 2 aromatic rings. The van der Waals surface area contributed by atoms with Gasteiger partial charge < -0.3 is 10.6 Å². The van der Waals surface area contributed by atoms with Crippen molar-refractivity contribution in [3.05, 3.63) is 65.7 Å². The average molecular weight is 425 g/mol. The molecule has 150 valence electrons. The van der Waals surface area contributed by atoms with E-state index in [0.29, 0.717) is 12.1 Å². The fourth-order valence-electron chi connectivity index (χ4n) is 4.05. The number of hydrogen-bond acceptors (Lipinski definition) is 3. The molecular formula is C21H23ClF2N2OS. The van der Waals surface area contributed by atoms with E-state index in [9.17, 15) is 13.6 Å². The second-order valence-electron chi connectivity index (χ2n) is 7.30. The third-order valence-electron chi connectivity index (χ3n) is 5.30. The van der Waals surface area contributed by atoms with Crippen LogP contribution in [-0.4, -0.2) is 24.0 Å². The van der Waals surface area contributed by atoms with Crippen molar-refractivity contribution < 1.29 is 13.6 Å². The van der Waals surface area contributed by atoms with Crippen LogP contribution >= 0.6 is 24.2 Å². The predicted octanol–water partition coefficient (Wildman–Crippen LogP) is 4.62. The van der Waals surface area contributed by atoms with Crippen molar-refractivity contribution in [3.8, 4) is 0 Å². The fourth-order valence-corrected chi connectivity index (χ4v) is 5.13. The maximum absolute atomic E-state index is 14.2. The Labute approximate surface area is 174 Å². The Kier molecular flexibility index (Phi) is 6.96. The Bertz CT molecular complexity index is 811. The monoisotopic (exact) mass is 424 g/mol. The predicted molar refractivity (Wildman–Crippen MR) is 110 cm³/mol. The normalized spacial score (nSPS) is 24.3. The molecule has 0 radical (unpaired) electrons. The van der Waals surface area contributed by atoms with Gasteiger partial charge in [0, 0.05) is 23.0 Å². The van der Waals surface area contributed by atoms with Crippen molar-refractivity contribution in [2.45, 2.75) is 54.0 Å². The lowest BCUT2D eigenvalue weighted by Gasteiger charge is -2.31. The van der Waals surface area contributed by atoms with E-state index < -0.39 is 16.9 Å².